The van der Waals surface area contributed by atoms with E-state index in [1.807, 2.05) is 35.8 Å². The average Bonchev–Trinajstić information content (AvgIpc) is 3.19. The van der Waals surface area contributed by atoms with Gasteiger partial charge in [-0.3, -0.25) is 4.79 Å². The first kappa shape index (κ1) is 26.3. The van der Waals surface area contributed by atoms with Gasteiger partial charge in [-0.2, -0.15) is 0 Å². The number of halogens is 2. The molecular weight excluding hydrogens is 536 g/mol. The molecule has 1 N–H and O–H groups in total. The predicted molar refractivity (Wildman–Crippen MR) is 143 cm³/mol. The van der Waals surface area contributed by atoms with Gasteiger partial charge in [0.25, 0.3) is 0 Å². The minimum absolute atomic E-state index is 0.0642. The molecule has 3 rings (SSSR count). The molecule has 34 heavy (non-hydrogen) atoms. The van der Waals surface area contributed by atoms with Crippen molar-refractivity contribution in [3.05, 3.63) is 75.5 Å². The van der Waals surface area contributed by atoms with Gasteiger partial charge in [0.15, 0.2) is 5.16 Å². The lowest BCUT2D eigenvalue weighted by Crippen LogP contribution is -2.17. The van der Waals surface area contributed by atoms with E-state index in [1.54, 1.807) is 18.2 Å². The van der Waals surface area contributed by atoms with Gasteiger partial charge in [0.05, 0.1) is 16.8 Å². The molecule has 0 bridgehead atoms. The third kappa shape index (κ3) is 7.10. The second-order valence-electron chi connectivity index (χ2n) is 7.62. The fourth-order valence-corrected chi connectivity index (χ4v) is 5.00. The van der Waals surface area contributed by atoms with Gasteiger partial charge in [-0.1, -0.05) is 54.6 Å². The number of para-hydroxylation sites is 1. The molecule has 0 aliphatic carbocycles. The van der Waals surface area contributed by atoms with Crippen molar-refractivity contribution in [2.45, 2.75) is 44.8 Å². The summed E-state index contributed by atoms with van der Waals surface area (Å²) in [6.07, 6.45) is 4.13. The number of nitrogens with zero attached hydrogens (tertiary/aromatic N) is 3. The molecule has 9 heteroatoms. The summed E-state index contributed by atoms with van der Waals surface area (Å²) in [5, 5.41) is 13.1. The first-order valence-electron chi connectivity index (χ1n) is 11.0. The van der Waals surface area contributed by atoms with Crippen LogP contribution >= 0.6 is 39.3 Å². The van der Waals surface area contributed by atoms with E-state index < -0.39 is 0 Å². The van der Waals surface area contributed by atoms with Crippen LogP contribution in [0.25, 0.3) is 0 Å². The highest BCUT2D eigenvalue weighted by molar-refractivity contribution is 9.10. The van der Waals surface area contributed by atoms with E-state index in [0.29, 0.717) is 29.8 Å². The quantitative estimate of drug-likeness (QED) is 0.155. The number of hydrogen-bond donors (Lipinski definition) is 1. The number of thioether (sulfide) groups is 1. The summed E-state index contributed by atoms with van der Waals surface area (Å²) in [4.78, 5) is 12.6. The van der Waals surface area contributed by atoms with Crippen LogP contribution in [0.15, 0.2) is 58.7 Å². The van der Waals surface area contributed by atoms with Crippen LogP contribution < -0.4 is 10.1 Å². The molecule has 0 radical (unpaired) electrons. The number of rotatable bonds is 12. The molecule has 0 saturated carbocycles. The zero-order chi connectivity index (χ0) is 24.5. The van der Waals surface area contributed by atoms with Gasteiger partial charge >= 0.3 is 0 Å². The number of carbonyl (C=O) groups is 1. The maximum Gasteiger partial charge on any atom is 0.234 e. The van der Waals surface area contributed by atoms with Crippen molar-refractivity contribution in [1.82, 2.24) is 14.8 Å². The Morgan fingerprint density at radius 3 is 2.88 bits per heavy atom. The highest BCUT2D eigenvalue weighted by atomic mass is 79.9. The number of ether oxygens (including phenoxy) is 1. The van der Waals surface area contributed by atoms with E-state index in [9.17, 15) is 4.79 Å². The first-order valence-corrected chi connectivity index (χ1v) is 13.2. The molecule has 0 spiro atoms. The highest BCUT2D eigenvalue weighted by Gasteiger charge is 2.15. The Bertz CT molecular complexity index is 1150. The van der Waals surface area contributed by atoms with Gasteiger partial charge < -0.3 is 14.6 Å². The largest absolute Gasteiger partial charge is 0.492 e. The van der Waals surface area contributed by atoms with Gasteiger partial charge in [0.2, 0.25) is 5.91 Å². The van der Waals surface area contributed by atoms with Crippen molar-refractivity contribution in [2.75, 3.05) is 17.7 Å². The molecule has 3 aromatic rings. The van der Waals surface area contributed by atoms with Gasteiger partial charge in [-0.25, -0.2) is 0 Å². The summed E-state index contributed by atoms with van der Waals surface area (Å²) in [5.74, 6) is 1.78. The summed E-state index contributed by atoms with van der Waals surface area (Å²) >= 11 is 10.8. The van der Waals surface area contributed by atoms with Crippen molar-refractivity contribution < 1.29 is 9.53 Å². The number of hydrogen-bond acceptors (Lipinski definition) is 5. The molecule has 1 heterocycles. The smallest absolute Gasteiger partial charge is 0.234 e. The molecule has 0 aliphatic heterocycles. The van der Waals surface area contributed by atoms with Crippen LogP contribution in [0.3, 0.4) is 0 Å². The average molecular weight is 564 g/mol. The fourth-order valence-electron chi connectivity index (χ4n) is 3.44. The van der Waals surface area contributed by atoms with Crippen molar-refractivity contribution in [3.63, 3.8) is 0 Å². The lowest BCUT2D eigenvalue weighted by atomic mass is 10.1. The van der Waals surface area contributed by atoms with Crippen molar-refractivity contribution in [3.8, 4) is 5.75 Å². The van der Waals surface area contributed by atoms with Crippen LogP contribution in [0.5, 0.6) is 5.75 Å². The van der Waals surface area contributed by atoms with E-state index in [-0.39, 0.29) is 11.7 Å². The van der Waals surface area contributed by atoms with Gasteiger partial charge in [0.1, 0.15) is 11.6 Å². The lowest BCUT2D eigenvalue weighted by molar-refractivity contribution is -0.113. The molecule has 0 aliphatic rings. The second-order valence-corrected chi connectivity index (χ2v) is 9.86. The minimum atomic E-state index is -0.0642. The van der Waals surface area contributed by atoms with Gasteiger partial charge in [0, 0.05) is 23.7 Å². The maximum atomic E-state index is 12.6. The van der Waals surface area contributed by atoms with Crippen molar-refractivity contribution in [2.24, 2.45) is 0 Å². The number of carbonyl (C=O) groups excluding carboxylic acids is 1. The molecule has 1 aromatic heterocycles. The van der Waals surface area contributed by atoms with Crippen molar-refractivity contribution in [1.29, 1.82) is 0 Å². The zero-order valence-corrected chi connectivity index (χ0v) is 22.5. The highest BCUT2D eigenvalue weighted by Crippen LogP contribution is 2.28. The van der Waals surface area contributed by atoms with Gasteiger partial charge in [-0.15, -0.1) is 16.8 Å². The number of nitrogens with one attached hydrogen (secondary N) is 1. The summed E-state index contributed by atoms with van der Waals surface area (Å²) in [7, 11) is 0. The molecule has 2 aromatic carbocycles. The van der Waals surface area contributed by atoms with Crippen LogP contribution in [-0.2, 0) is 24.2 Å². The third-order valence-corrected chi connectivity index (χ3v) is 6.96. The van der Waals surface area contributed by atoms with E-state index >= 15 is 0 Å². The molecule has 180 valence electrons. The number of benzene rings is 2. The number of aromatic nitrogens is 3. The maximum absolute atomic E-state index is 12.6. The molecular formula is C25H28BrClN4O2S. The topological polar surface area (TPSA) is 69.0 Å². The van der Waals surface area contributed by atoms with Crippen LogP contribution in [0.1, 0.15) is 30.3 Å². The number of aryl methyl sites for hydroxylation is 3. The second kappa shape index (κ2) is 13.0. The molecule has 0 saturated heterocycles. The normalized spacial score (nSPS) is 10.8. The Morgan fingerprint density at radius 1 is 1.32 bits per heavy atom. The zero-order valence-electron chi connectivity index (χ0n) is 19.3. The van der Waals surface area contributed by atoms with E-state index in [1.165, 1.54) is 11.8 Å². The molecule has 6 nitrogen and oxygen atoms in total. The lowest BCUT2D eigenvalue weighted by Gasteiger charge is -2.13. The fraction of sp³-hybridized carbons (Fsp3) is 0.320. The van der Waals surface area contributed by atoms with Crippen LogP contribution in [0.2, 0.25) is 5.02 Å². The number of amides is 1. The Balaban J connectivity index is 1.56. The number of allylic oxidation sites excluding steroid dienone is 1. The van der Waals surface area contributed by atoms with Crippen LogP contribution in [-0.4, -0.2) is 33.0 Å². The summed E-state index contributed by atoms with van der Waals surface area (Å²) in [5.41, 5.74) is 3.09. The molecule has 1 amide bonds. The Hall–Kier alpha value is -2.29. The van der Waals surface area contributed by atoms with E-state index in [4.69, 9.17) is 16.3 Å². The minimum Gasteiger partial charge on any atom is -0.492 e. The Morgan fingerprint density at radius 2 is 2.15 bits per heavy atom. The predicted octanol–water partition coefficient (Wildman–Crippen LogP) is 6.49. The van der Waals surface area contributed by atoms with Gasteiger partial charge in [-0.05, 0) is 65.0 Å². The molecule has 0 fully saturated rings. The third-order valence-electron chi connectivity index (χ3n) is 5.14. The monoisotopic (exact) mass is 562 g/mol. The van der Waals surface area contributed by atoms with Crippen LogP contribution in [0.4, 0.5) is 5.69 Å². The number of anilines is 1. The molecule has 0 atom stereocenters. The summed E-state index contributed by atoms with van der Waals surface area (Å²) in [6.45, 7) is 9.04. The SMILES string of the molecule is C=CCn1c(CCCOc2ccc(Cl)cc2Br)nnc1SCC(=O)Nc1c(C)cccc1CC. The Kier molecular flexibility index (Phi) is 10.0. The van der Waals surface area contributed by atoms with Crippen molar-refractivity contribution >= 4 is 50.9 Å². The summed E-state index contributed by atoms with van der Waals surface area (Å²) < 4.78 is 8.66. The van der Waals surface area contributed by atoms with E-state index in [2.05, 4.69) is 44.9 Å². The van der Waals surface area contributed by atoms with Crippen LogP contribution in [0, 0.1) is 6.92 Å². The summed E-state index contributed by atoms with van der Waals surface area (Å²) in [6, 6.07) is 11.5. The Labute approximate surface area is 218 Å². The first-order chi connectivity index (χ1) is 16.4. The van der Waals surface area contributed by atoms with E-state index in [0.717, 1.165) is 45.7 Å². The standard InChI is InChI=1S/C25H28BrClN4O2S/c1-4-13-31-22(10-7-14-33-21-12-11-19(27)15-20(21)26)29-30-25(31)34-16-23(32)28-24-17(3)8-6-9-18(24)5-2/h4,6,8-9,11-12,15H,1,5,7,10,13-14,16H2,2-3H3,(H,28,32). The molecule has 0 unspecified atom stereocenters.